The van der Waals surface area contributed by atoms with E-state index in [1.54, 1.807) is 49.4 Å². The average molecular weight is 401 g/mol. The third-order valence-electron chi connectivity index (χ3n) is 4.30. The molecule has 6 nitrogen and oxygen atoms in total. The van der Waals surface area contributed by atoms with E-state index in [1.165, 1.54) is 6.92 Å². The SMILES string of the molecule is CCOc1ccc(C(C)=O)cc1CO/N=C(\C)c1nc2ccccc2n1C(F)F. The van der Waals surface area contributed by atoms with Crippen molar-refractivity contribution in [3.05, 3.63) is 59.4 Å². The van der Waals surface area contributed by atoms with Gasteiger partial charge in [0, 0.05) is 11.1 Å². The van der Waals surface area contributed by atoms with Crippen molar-refractivity contribution >= 4 is 22.5 Å². The Balaban J connectivity index is 1.86. The Morgan fingerprint density at radius 2 is 1.97 bits per heavy atom. The number of para-hydroxylation sites is 2. The number of halogens is 2. The lowest BCUT2D eigenvalue weighted by Crippen LogP contribution is -2.10. The fourth-order valence-electron chi connectivity index (χ4n) is 2.94. The zero-order valence-electron chi connectivity index (χ0n) is 16.4. The molecule has 0 unspecified atom stereocenters. The lowest BCUT2D eigenvalue weighted by Gasteiger charge is -2.11. The molecule has 0 bridgehead atoms. The Bertz CT molecular complexity index is 1060. The molecule has 0 amide bonds. The molecule has 8 heteroatoms. The fourth-order valence-corrected chi connectivity index (χ4v) is 2.94. The molecule has 0 aliphatic heterocycles. The van der Waals surface area contributed by atoms with Crippen LogP contribution in [0.15, 0.2) is 47.6 Å². The Kier molecular flexibility index (Phi) is 6.21. The molecule has 2 aromatic carbocycles. The summed E-state index contributed by atoms with van der Waals surface area (Å²) in [5.74, 6) is 0.522. The van der Waals surface area contributed by atoms with E-state index < -0.39 is 6.55 Å². The molecule has 1 aromatic heterocycles. The van der Waals surface area contributed by atoms with Crippen LogP contribution in [-0.2, 0) is 11.4 Å². The van der Waals surface area contributed by atoms with E-state index in [0.717, 1.165) is 4.57 Å². The van der Waals surface area contributed by atoms with Crippen LogP contribution in [0.4, 0.5) is 8.78 Å². The van der Waals surface area contributed by atoms with Gasteiger partial charge in [-0.1, -0.05) is 17.3 Å². The first-order chi connectivity index (χ1) is 13.9. The van der Waals surface area contributed by atoms with E-state index in [9.17, 15) is 13.6 Å². The van der Waals surface area contributed by atoms with Crippen LogP contribution in [-0.4, -0.2) is 27.7 Å². The molecule has 0 fully saturated rings. The monoisotopic (exact) mass is 401 g/mol. The van der Waals surface area contributed by atoms with Gasteiger partial charge < -0.3 is 9.57 Å². The van der Waals surface area contributed by atoms with Gasteiger partial charge in [0.05, 0.1) is 17.6 Å². The quantitative estimate of drug-likeness (QED) is 0.304. The van der Waals surface area contributed by atoms with Crippen molar-refractivity contribution in [3.63, 3.8) is 0 Å². The molecular formula is C21H21F2N3O3. The second-order valence-corrected chi connectivity index (χ2v) is 6.33. The number of imidazole rings is 1. The van der Waals surface area contributed by atoms with Crippen LogP contribution in [0.2, 0.25) is 0 Å². The van der Waals surface area contributed by atoms with Gasteiger partial charge >= 0.3 is 6.55 Å². The largest absolute Gasteiger partial charge is 0.493 e. The number of fused-ring (bicyclic) bond motifs is 1. The van der Waals surface area contributed by atoms with Crippen LogP contribution in [0.5, 0.6) is 5.75 Å². The smallest absolute Gasteiger partial charge is 0.320 e. The third kappa shape index (κ3) is 4.42. The van der Waals surface area contributed by atoms with Crippen LogP contribution in [0.1, 0.15) is 49.1 Å². The zero-order valence-corrected chi connectivity index (χ0v) is 16.4. The van der Waals surface area contributed by atoms with Crippen molar-refractivity contribution in [3.8, 4) is 5.75 Å². The predicted octanol–water partition coefficient (Wildman–Crippen LogP) is 4.97. The molecule has 0 spiro atoms. The molecule has 0 aliphatic carbocycles. The number of oxime groups is 1. The molecule has 3 rings (SSSR count). The van der Waals surface area contributed by atoms with Crippen molar-refractivity contribution in [2.75, 3.05) is 6.61 Å². The first-order valence-electron chi connectivity index (χ1n) is 9.11. The summed E-state index contributed by atoms with van der Waals surface area (Å²) >= 11 is 0. The molecule has 1 heterocycles. The Morgan fingerprint density at radius 3 is 2.66 bits per heavy atom. The first kappa shape index (κ1) is 20.4. The zero-order chi connectivity index (χ0) is 21.0. The van der Waals surface area contributed by atoms with E-state index >= 15 is 0 Å². The molecule has 3 aromatic rings. The summed E-state index contributed by atoms with van der Waals surface area (Å²) in [6, 6.07) is 11.7. The van der Waals surface area contributed by atoms with Gasteiger partial charge in [0.1, 0.15) is 18.1 Å². The van der Waals surface area contributed by atoms with Gasteiger partial charge in [-0.3, -0.25) is 9.36 Å². The molecule has 0 radical (unpaired) electrons. The minimum atomic E-state index is -2.76. The van der Waals surface area contributed by atoms with E-state index in [0.29, 0.717) is 34.5 Å². The topological polar surface area (TPSA) is 65.7 Å². The van der Waals surface area contributed by atoms with Gasteiger partial charge in [-0.05, 0) is 51.1 Å². The maximum absolute atomic E-state index is 13.6. The number of hydrogen-bond donors (Lipinski definition) is 0. The maximum atomic E-state index is 13.6. The Hall–Kier alpha value is -3.29. The van der Waals surface area contributed by atoms with Crippen LogP contribution in [0, 0.1) is 0 Å². The van der Waals surface area contributed by atoms with Gasteiger partial charge in [0.2, 0.25) is 0 Å². The lowest BCUT2D eigenvalue weighted by molar-refractivity contribution is 0.0735. The van der Waals surface area contributed by atoms with Gasteiger partial charge in [-0.2, -0.15) is 8.78 Å². The van der Waals surface area contributed by atoms with Crippen molar-refractivity contribution in [1.29, 1.82) is 0 Å². The number of rotatable bonds is 8. The number of hydrogen-bond acceptors (Lipinski definition) is 5. The van der Waals surface area contributed by atoms with Crippen molar-refractivity contribution in [2.24, 2.45) is 5.16 Å². The number of benzene rings is 2. The predicted molar refractivity (Wildman–Crippen MR) is 106 cm³/mol. The van der Waals surface area contributed by atoms with Crippen LogP contribution in [0.25, 0.3) is 11.0 Å². The maximum Gasteiger partial charge on any atom is 0.320 e. The second-order valence-electron chi connectivity index (χ2n) is 6.33. The van der Waals surface area contributed by atoms with Crippen molar-refractivity contribution in [1.82, 2.24) is 9.55 Å². The fraction of sp³-hybridized carbons (Fsp3) is 0.286. The molecule has 0 aliphatic rings. The van der Waals surface area contributed by atoms with Crippen LogP contribution < -0.4 is 4.74 Å². The average Bonchev–Trinajstić information content (AvgIpc) is 3.09. The van der Waals surface area contributed by atoms with Gasteiger partial charge in [-0.15, -0.1) is 0 Å². The summed E-state index contributed by atoms with van der Waals surface area (Å²) in [7, 11) is 0. The molecule has 0 N–H and O–H groups in total. The van der Waals surface area contributed by atoms with Crippen molar-refractivity contribution < 1.29 is 23.1 Å². The molecule has 152 valence electrons. The summed E-state index contributed by atoms with van der Waals surface area (Å²) in [6.45, 7) is 2.57. The van der Waals surface area contributed by atoms with E-state index in [4.69, 9.17) is 9.57 Å². The number of Topliss-reactive ketones (excluding diaryl/α,β-unsaturated/α-hetero) is 1. The molecule has 0 saturated carbocycles. The van der Waals surface area contributed by atoms with Crippen LogP contribution >= 0.6 is 0 Å². The number of aromatic nitrogens is 2. The van der Waals surface area contributed by atoms with Crippen LogP contribution in [0.3, 0.4) is 0 Å². The Labute approximate surface area is 166 Å². The highest BCUT2D eigenvalue weighted by atomic mass is 19.3. The Morgan fingerprint density at radius 1 is 1.21 bits per heavy atom. The number of carbonyl (C=O) groups is 1. The number of carbonyl (C=O) groups excluding carboxylic acids is 1. The highest BCUT2D eigenvalue weighted by Crippen LogP contribution is 2.24. The van der Waals surface area contributed by atoms with E-state index in [-0.39, 0.29) is 23.9 Å². The van der Waals surface area contributed by atoms with Gasteiger partial charge in [-0.25, -0.2) is 4.98 Å². The minimum Gasteiger partial charge on any atom is -0.493 e. The standard InChI is InChI=1S/C21H21F2N3O3/c1-4-28-19-10-9-15(14(3)27)11-16(19)12-29-25-13(2)20-24-17-7-5-6-8-18(17)26(20)21(22)23/h5-11,21H,4,12H2,1-3H3/b25-13+. The molecular weight excluding hydrogens is 380 g/mol. The summed E-state index contributed by atoms with van der Waals surface area (Å²) in [5.41, 5.74) is 2.14. The minimum absolute atomic E-state index is 0.0166. The lowest BCUT2D eigenvalue weighted by atomic mass is 10.1. The number of alkyl halides is 2. The summed E-state index contributed by atoms with van der Waals surface area (Å²) in [4.78, 5) is 21.3. The molecule has 29 heavy (non-hydrogen) atoms. The summed E-state index contributed by atoms with van der Waals surface area (Å²) < 4.78 is 33.5. The summed E-state index contributed by atoms with van der Waals surface area (Å²) in [5, 5.41) is 3.96. The number of ketones is 1. The number of ether oxygens (including phenoxy) is 1. The molecule has 0 atom stereocenters. The highest BCUT2D eigenvalue weighted by Gasteiger charge is 2.19. The highest BCUT2D eigenvalue weighted by molar-refractivity contribution is 5.98. The number of nitrogens with zero attached hydrogens (tertiary/aromatic N) is 3. The second kappa shape index (κ2) is 8.81. The van der Waals surface area contributed by atoms with Gasteiger partial charge in [0.15, 0.2) is 11.6 Å². The van der Waals surface area contributed by atoms with Crippen molar-refractivity contribution in [2.45, 2.75) is 33.9 Å². The normalized spacial score (nSPS) is 11.9. The third-order valence-corrected chi connectivity index (χ3v) is 4.30. The summed E-state index contributed by atoms with van der Waals surface area (Å²) in [6.07, 6.45) is 0. The van der Waals surface area contributed by atoms with E-state index in [1.807, 2.05) is 6.92 Å². The first-order valence-corrected chi connectivity index (χ1v) is 9.11. The van der Waals surface area contributed by atoms with Gasteiger partial charge in [0.25, 0.3) is 0 Å². The van der Waals surface area contributed by atoms with E-state index in [2.05, 4.69) is 10.1 Å². The molecule has 0 saturated heterocycles.